The van der Waals surface area contributed by atoms with Crippen LogP contribution in [0, 0.1) is 5.92 Å². The molecule has 0 atom stereocenters. The fourth-order valence-corrected chi connectivity index (χ4v) is 2.18. The summed E-state index contributed by atoms with van der Waals surface area (Å²) in [5.41, 5.74) is 8.29. The second-order valence-electron chi connectivity index (χ2n) is 5.38. The van der Waals surface area contributed by atoms with Gasteiger partial charge < -0.3 is 15.6 Å². The van der Waals surface area contributed by atoms with E-state index >= 15 is 0 Å². The van der Waals surface area contributed by atoms with Crippen LogP contribution < -0.4 is 11.1 Å². The van der Waals surface area contributed by atoms with Crippen LogP contribution in [0.25, 0.3) is 11.0 Å². The van der Waals surface area contributed by atoms with Crippen LogP contribution in [0.15, 0.2) is 18.2 Å². The quantitative estimate of drug-likeness (QED) is 0.818. The molecule has 5 nitrogen and oxygen atoms in total. The zero-order valence-corrected chi connectivity index (χ0v) is 12.3. The highest BCUT2D eigenvalue weighted by molar-refractivity contribution is 5.89. The van der Waals surface area contributed by atoms with Gasteiger partial charge in [-0.05, 0) is 18.1 Å². The Kier molecular flexibility index (Phi) is 4.27. The van der Waals surface area contributed by atoms with E-state index in [0.717, 1.165) is 23.3 Å². The first kappa shape index (κ1) is 14.4. The van der Waals surface area contributed by atoms with E-state index in [1.54, 1.807) is 0 Å². The number of nitrogens with zero attached hydrogens (tertiary/aromatic N) is 2. The number of anilines is 1. The van der Waals surface area contributed by atoms with Crippen molar-refractivity contribution in [3.8, 4) is 0 Å². The monoisotopic (exact) mass is 274 g/mol. The number of aryl methyl sites for hydroxylation is 1. The summed E-state index contributed by atoms with van der Waals surface area (Å²) in [7, 11) is 0. The molecule has 0 aliphatic heterocycles. The van der Waals surface area contributed by atoms with E-state index in [0.29, 0.717) is 18.2 Å². The molecule has 3 N–H and O–H groups in total. The van der Waals surface area contributed by atoms with Gasteiger partial charge in [-0.2, -0.15) is 0 Å². The minimum Gasteiger partial charge on any atom is -0.397 e. The number of amides is 1. The van der Waals surface area contributed by atoms with Gasteiger partial charge >= 0.3 is 0 Å². The molecule has 0 spiro atoms. The summed E-state index contributed by atoms with van der Waals surface area (Å²) in [6.07, 6.45) is 0.769. The van der Waals surface area contributed by atoms with Gasteiger partial charge in [0, 0.05) is 13.0 Å². The van der Waals surface area contributed by atoms with Crippen molar-refractivity contribution in [1.82, 2.24) is 14.9 Å². The zero-order chi connectivity index (χ0) is 14.7. The fourth-order valence-electron chi connectivity index (χ4n) is 2.18. The number of nitrogen functional groups attached to an aromatic ring is 1. The number of nitrogens with two attached hydrogens (primary N) is 1. The predicted molar refractivity (Wildman–Crippen MR) is 81.4 cm³/mol. The van der Waals surface area contributed by atoms with Crippen molar-refractivity contribution < 1.29 is 4.79 Å². The molecule has 108 valence electrons. The first-order valence-electron chi connectivity index (χ1n) is 7.03. The van der Waals surface area contributed by atoms with Gasteiger partial charge in [0.1, 0.15) is 17.9 Å². The summed E-state index contributed by atoms with van der Waals surface area (Å²) in [6, 6.07) is 5.67. The lowest BCUT2D eigenvalue weighted by molar-refractivity contribution is -0.121. The third kappa shape index (κ3) is 2.92. The number of aromatic nitrogens is 2. The van der Waals surface area contributed by atoms with Gasteiger partial charge in [-0.1, -0.05) is 26.8 Å². The lowest BCUT2D eigenvalue weighted by atomic mass is 10.2. The Morgan fingerprint density at radius 1 is 1.45 bits per heavy atom. The molecule has 1 aromatic heterocycles. The minimum atomic E-state index is 0.00937. The van der Waals surface area contributed by atoms with Crippen LogP contribution >= 0.6 is 0 Å². The van der Waals surface area contributed by atoms with Crippen molar-refractivity contribution in [3.63, 3.8) is 0 Å². The molecule has 1 aromatic carbocycles. The highest BCUT2D eigenvalue weighted by Gasteiger charge is 2.14. The molecule has 1 heterocycles. The first-order chi connectivity index (χ1) is 9.52. The molecule has 0 bridgehead atoms. The zero-order valence-electron chi connectivity index (χ0n) is 12.3. The van der Waals surface area contributed by atoms with Crippen molar-refractivity contribution in [3.05, 3.63) is 24.0 Å². The smallest absolute Gasteiger partial charge is 0.240 e. The van der Waals surface area contributed by atoms with E-state index in [1.165, 1.54) is 0 Å². The largest absolute Gasteiger partial charge is 0.397 e. The van der Waals surface area contributed by atoms with Gasteiger partial charge in [-0.3, -0.25) is 4.79 Å². The minimum absolute atomic E-state index is 0.00937. The Labute approximate surface area is 119 Å². The number of carbonyl (C=O) groups excluding carboxylic acids is 1. The van der Waals surface area contributed by atoms with Crippen LogP contribution in [0.3, 0.4) is 0 Å². The summed E-state index contributed by atoms with van der Waals surface area (Å²) in [5.74, 6) is 1.34. The highest BCUT2D eigenvalue weighted by atomic mass is 16.1. The first-order valence-corrected chi connectivity index (χ1v) is 7.03. The van der Waals surface area contributed by atoms with E-state index in [2.05, 4.69) is 24.1 Å². The summed E-state index contributed by atoms with van der Waals surface area (Å²) in [6.45, 7) is 7.15. The molecule has 0 saturated heterocycles. The van der Waals surface area contributed by atoms with Crippen molar-refractivity contribution in [1.29, 1.82) is 0 Å². The molecule has 0 saturated carbocycles. The standard InChI is InChI=1S/C15H22N4O/c1-4-13-18-15-11(16)6-5-7-12(15)19(13)9-14(20)17-8-10(2)3/h5-7,10H,4,8-9,16H2,1-3H3,(H,17,20). The SMILES string of the molecule is CCc1nc2c(N)cccc2n1CC(=O)NCC(C)C. The van der Waals surface area contributed by atoms with E-state index in [1.807, 2.05) is 29.7 Å². The van der Waals surface area contributed by atoms with Crippen LogP contribution in [-0.2, 0) is 17.8 Å². The van der Waals surface area contributed by atoms with Crippen molar-refractivity contribution in [2.24, 2.45) is 5.92 Å². The van der Waals surface area contributed by atoms with Gasteiger partial charge in [0.15, 0.2) is 0 Å². The van der Waals surface area contributed by atoms with E-state index in [4.69, 9.17) is 5.73 Å². The van der Waals surface area contributed by atoms with Crippen molar-refractivity contribution in [2.45, 2.75) is 33.7 Å². The van der Waals surface area contributed by atoms with Crippen LogP contribution in [0.2, 0.25) is 0 Å². The third-order valence-electron chi connectivity index (χ3n) is 3.21. The van der Waals surface area contributed by atoms with Crippen molar-refractivity contribution >= 4 is 22.6 Å². The number of hydrogen-bond donors (Lipinski definition) is 2. The lowest BCUT2D eigenvalue weighted by Gasteiger charge is -2.10. The molecule has 0 radical (unpaired) electrons. The molecule has 0 unspecified atom stereocenters. The lowest BCUT2D eigenvalue weighted by Crippen LogP contribution is -2.31. The Hall–Kier alpha value is -2.04. The van der Waals surface area contributed by atoms with E-state index in [-0.39, 0.29) is 12.5 Å². The molecule has 2 aromatic rings. The maximum Gasteiger partial charge on any atom is 0.240 e. The molecule has 20 heavy (non-hydrogen) atoms. The fraction of sp³-hybridized carbons (Fsp3) is 0.467. The normalized spacial score (nSPS) is 11.2. The molecule has 0 fully saturated rings. The van der Waals surface area contributed by atoms with E-state index < -0.39 is 0 Å². The molecule has 2 rings (SSSR count). The molecule has 0 aliphatic carbocycles. The molecule has 0 aliphatic rings. The number of para-hydroxylation sites is 1. The van der Waals surface area contributed by atoms with E-state index in [9.17, 15) is 4.79 Å². The molecular formula is C15H22N4O. The summed E-state index contributed by atoms with van der Waals surface area (Å²) in [5, 5.41) is 2.93. The van der Waals surface area contributed by atoms with Crippen LogP contribution in [0.5, 0.6) is 0 Å². The average molecular weight is 274 g/mol. The third-order valence-corrected chi connectivity index (χ3v) is 3.21. The van der Waals surface area contributed by atoms with Crippen molar-refractivity contribution in [2.75, 3.05) is 12.3 Å². The van der Waals surface area contributed by atoms with Gasteiger partial charge in [0.25, 0.3) is 0 Å². The van der Waals surface area contributed by atoms with Crippen LogP contribution in [-0.4, -0.2) is 22.0 Å². The maximum absolute atomic E-state index is 12.0. The van der Waals surface area contributed by atoms with Gasteiger partial charge in [0.05, 0.1) is 11.2 Å². The average Bonchev–Trinajstić information content (AvgIpc) is 2.76. The van der Waals surface area contributed by atoms with Gasteiger partial charge in [-0.15, -0.1) is 0 Å². The number of fused-ring (bicyclic) bond motifs is 1. The number of rotatable bonds is 5. The Morgan fingerprint density at radius 2 is 2.20 bits per heavy atom. The molecule has 1 amide bonds. The number of hydrogen-bond acceptors (Lipinski definition) is 3. The predicted octanol–water partition coefficient (Wildman–Crippen LogP) is 1.95. The number of carbonyl (C=O) groups is 1. The summed E-state index contributed by atoms with van der Waals surface area (Å²) >= 11 is 0. The number of imidazole rings is 1. The molecule has 5 heteroatoms. The van der Waals surface area contributed by atoms with Gasteiger partial charge in [-0.25, -0.2) is 4.98 Å². The Morgan fingerprint density at radius 3 is 2.85 bits per heavy atom. The van der Waals surface area contributed by atoms with Gasteiger partial charge in [0.2, 0.25) is 5.91 Å². The topological polar surface area (TPSA) is 72.9 Å². The Balaban J connectivity index is 2.28. The number of benzene rings is 1. The second kappa shape index (κ2) is 5.94. The summed E-state index contributed by atoms with van der Waals surface area (Å²) in [4.78, 5) is 16.6. The highest BCUT2D eigenvalue weighted by Crippen LogP contribution is 2.22. The van der Waals surface area contributed by atoms with Crippen LogP contribution in [0.4, 0.5) is 5.69 Å². The molecular weight excluding hydrogens is 252 g/mol. The van der Waals surface area contributed by atoms with Crippen LogP contribution in [0.1, 0.15) is 26.6 Å². The Bertz CT molecular complexity index is 616. The number of nitrogens with one attached hydrogen (secondary N) is 1. The summed E-state index contributed by atoms with van der Waals surface area (Å²) < 4.78 is 1.95. The maximum atomic E-state index is 12.0. The second-order valence-corrected chi connectivity index (χ2v) is 5.38.